The maximum Gasteiger partial charge on any atom is 0.252 e. The van der Waals surface area contributed by atoms with Gasteiger partial charge in [0.05, 0.1) is 10.5 Å². The molecule has 0 heterocycles. The van der Waals surface area contributed by atoms with Crippen LogP contribution < -0.4 is 10.5 Å². The van der Waals surface area contributed by atoms with Gasteiger partial charge in [0.1, 0.15) is 0 Å². The summed E-state index contributed by atoms with van der Waals surface area (Å²) < 4.78 is 23.2. The first kappa shape index (κ1) is 17.0. The number of carbonyl (C=O) groups excluding carboxylic acids is 1. The minimum atomic E-state index is -3.86. The number of sulfonamides is 1. The fourth-order valence-corrected chi connectivity index (χ4v) is 2.83. The standard InChI is InChI=1S/C14H12BrClN2O3S/c15-13-6-5-11(22(17,20)21)7-12(13)14(19)18-8-9-1-3-10(16)4-2-9/h1-7H,8H2,(H,18,19)(H2,17,20,21). The van der Waals surface area contributed by atoms with E-state index in [1.165, 1.54) is 18.2 Å². The lowest BCUT2D eigenvalue weighted by Crippen LogP contribution is -2.24. The SMILES string of the molecule is NS(=O)(=O)c1ccc(Br)c(C(=O)NCc2ccc(Cl)cc2)c1. The van der Waals surface area contributed by atoms with Gasteiger partial charge in [-0.3, -0.25) is 4.79 Å². The van der Waals surface area contributed by atoms with Crippen molar-refractivity contribution < 1.29 is 13.2 Å². The summed E-state index contributed by atoms with van der Waals surface area (Å²) in [7, 11) is -3.86. The van der Waals surface area contributed by atoms with Gasteiger partial charge >= 0.3 is 0 Å². The largest absolute Gasteiger partial charge is 0.348 e. The van der Waals surface area contributed by atoms with Crippen LogP contribution in [0.15, 0.2) is 51.8 Å². The Bertz CT molecular complexity index is 807. The molecule has 0 spiro atoms. The lowest BCUT2D eigenvalue weighted by atomic mass is 10.2. The highest BCUT2D eigenvalue weighted by Gasteiger charge is 2.15. The van der Waals surface area contributed by atoms with Crippen molar-refractivity contribution in [2.24, 2.45) is 5.14 Å². The number of carbonyl (C=O) groups is 1. The van der Waals surface area contributed by atoms with Crippen molar-refractivity contribution in [2.75, 3.05) is 0 Å². The number of halogens is 2. The molecule has 2 rings (SSSR count). The number of nitrogens with one attached hydrogen (secondary N) is 1. The molecular weight excluding hydrogens is 392 g/mol. The molecule has 0 saturated carbocycles. The molecule has 0 saturated heterocycles. The summed E-state index contributed by atoms with van der Waals surface area (Å²) in [6.45, 7) is 0.294. The van der Waals surface area contributed by atoms with E-state index in [2.05, 4.69) is 21.2 Å². The van der Waals surface area contributed by atoms with Crippen molar-refractivity contribution in [3.63, 3.8) is 0 Å². The molecule has 0 aliphatic heterocycles. The van der Waals surface area contributed by atoms with Gasteiger partial charge in [0, 0.05) is 16.0 Å². The van der Waals surface area contributed by atoms with Crippen molar-refractivity contribution in [1.82, 2.24) is 5.32 Å². The van der Waals surface area contributed by atoms with Gasteiger partial charge in [0.2, 0.25) is 10.0 Å². The lowest BCUT2D eigenvalue weighted by Gasteiger charge is -2.08. The Kier molecular flexibility index (Phi) is 5.23. The third-order valence-electron chi connectivity index (χ3n) is 2.88. The van der Waals surface area contributed by atoms with E-state index in [1.54, 1.807) is 24.3 Å². The molecular formula is C14H12BrClN2O3S. The zero-order valence-corrected chi connectivity index (χ0v) is 14.4. The Labute approximate surface area is 141 Å². The quantitative estimate of drug-likeness (QED) is 0.822. The predicted octanol–water partition coefficient (Wildman–Crippen LogP) is 2.68. The van der Waals surface area contributed by atoms with Crippen LogP contribution in [0.4, 0.5) is 0 Å². The maximum atomic E-state index is 12.2. The van der Waals surface area contributed by atoms with E-state index in [4.69, 9.17) is 16.7 Å². The fraction of sp³-hybridized carbons (Fsp3) is 0.0714. The zero-order valence-electron chi connectivity index (χ0n) is 11.2. The van der Waals surface area contributed by atoms with E-state index in [0.717, 1.165) is 5.56 Å². The number of rotatable bonds is 4. The average Bonchev–Trinajstić information content (AvgIpc) is 2.45. The second-order valence-electron chi connectivity index (χ2n) is 4.50. The van der Waals surface area contributed by atoms with Crippen LogP contribution in [0.3, 0.4) is 0 Å². The van der Waals surface area contributed by atoms with Crippen LogP contribution in [0.25, 0.3) is 0 Å². The summed E-state index contributed by atoms with van der Waals surface area (Å²) in [6.07, 6.45) is 0. The minimum absolute atomic E-state index is 0.118. The molecule has 2 aromatic carbocycles. The van der Waals surface area contributed by atoms with Crippen LogP contribution in [0.5, 0.6) is 0 Å². The molecule has 0 radical (unpaired) electrons. The molecule has 2 aromatic rings. The van der Waals surface area contributed by atoms with Crippen molar-refractivity contribution in [3.05, 3.63) is 63.1 Å². The third-order valence-corrected chi connectivity index (χ3v) is 4.73. The summed E-state index contributed by atoms with van der Waals surface area (Å²) in [5, 5.41) is 8.38. The van der Waals surface area contributed by atoms with Gasteiger partial charge in [0.25, 0.3) is 5.91 Å². The first-order valence-electron chi connectivity index (χ1n) is 6.12. The monoisotopic (exact) mass is 402 g/mol. The number of amides is 1. The molecule has 0 unspecified atom stereocenters. The molecule has 0 aliphatic carbocycles. The van der Waals surface area contributed by atoms with E-state index in [0.29, 0.717) is 16.0 Å². The van der Waals surface area contributed by atoms with Gasteiger partial charge < -0.3 is 5.32 Å². The molecule has 5 nitrogen and oxygen atoms in total. The number of nitrogens with two attached hydrogens (primary N) is 1. The van der Waals surface area contributed by atoms with Crippen molar-refractivity contribution >= 4 is 43.5 Å². The van der Waals surface area contributed by atoms with Crippen LogP contribution >= 0.6 is 27.5 Å². The van der Waals surface area contributed by atoms with E-state index in [1.807, 2.05) is 0 Å². The Balaban J connectivity index is 2.17. The molecule has 116 valence electrons. The fourth-order valence-electron chi connectivity index (χ4n) is 1.74. The van der Waals surface area contributed by atoms with Crippen LogP contribution in [0, 0.1) is 0 Å². The van der Waals surface area contributed by atoms with E-state index >= 15 is 0 Å². The van der Waals surface area contributed by atoms with Crippen molar-refractivity contribution in [1.29, 1.82) is 0 Å². The van der Waals surface area contributed by atoms with Gasteiger partial charge in [-0.1, -0.05) is 23.7 Å². The first-order valence-corrected chi connectivity index (χ1v) is 8.84. The minimum Gasteiger partial charge on any atom is -0.348 e. The van der Waals surface area contributed by atoms with Crippen LogP contribution in [-0.4, -0.2) is 14.3 Å². The van der Waals surface area contributed by atoms with Crippen molar-refractivity contribution in [3.8, 4) is 0 Å². The molecule has 0 aromatic heterocycles. The molecule has 0 fully saturated rings. The highest BCUT2D eigenvalue weighted by molar-refractivity contribution is 9.10. The van der Waals surface area contributed by atoms with Crippen molar-refractivity contribution in [2.45, 2.75) is 11.4 Å². The van der Waals surface area contributed by atoms with Gasteiger partial charge in [-0.2, -0.15) is 0 Å². The molecule has 3 N–H and O–H groups in total. The highest BCUT2D eigenvalue weighted by Crippen LogP contribution is 2.20. The van der Waals surface area contributed by atoms with Gasteiger partial charge in [-0.25, -0.2) is 13.6 Å². The first-order chi connectivity index (χ1) is 10.3. The van der Waals surface area contributed by atoms with E-state index in [9.17, 15) is 13.2 Å². The summed E-state index contributed by atoms with van der Waals surface area (Å²) in [6, 6.07) is 11.1. The number of benzene rings is 2. The molecule has 22 heavy (non-hydrogen) atoms. The van der Waals surface area contributed by atoms with Gasteiger partial charge in [-0.15, -0.1) is 0 Å². The highest BCUT2D eigenvalue weighted by atomic mass is 79.9. The average molecular weight is 404 g/mol. The van der Waals surface area contributed by atoms with Gasteiger partial charge in [0.15, 0.2) is 0 Å². The topological polar surface area (TPSA) is 89.3 Å². The normalized spacial score (nSPS) is 11.2. The van der Waals surface area contributed by atoms with Crippen LogP contribution in [0.1, 0.15) is 15.9 Å². The molecule has 8 heteroatoms. The lowest BCUT2D eigenvalue weighted by molar-refractivity contribution is 0.0950. The Morgan fingerprint density at radius 3 is 2.41 bits per heavy atom. The van der Waals surface area contributed by atoms with Crippen LogP contribution in [0.2, 0.25) is 5.02 Å². The second kappa shape index (κ2) is 6.78. The Morgan fingerprint density at radius 2 is 1.82 bits per heavy atom. The predicted molar refractivity (Wildman–Crippen MR) is 88.1 cm³/mol. The summed E-state index contributed by atoms with van der Waals surface area (Å²) in [5.74, 6) is -0.410. The van der Waals surface area contributed by atoms with E-state index < -0.39 is 15.9 Å². The second-order valence-corrected chi connectivity index (χ2v) is 7.35. The molecule has 0 atom stereocenters. The number of hydrogen-bond donors (Lipinski definition) is 2. The van der Waals surface area contributed by atoms with E-state index in [-0.39, 0.29) is 10.5 Å². The number of hydrogen-bond acceptors (Lipinski definition) is 3. The maximum absolute atomic E-state index is 12.2. The Morgan fingerprint density at radius 1 is 1.18 bits per heavy atom. The summed E-state index contributed by atoms with van der Waals surface area (Å²) in [5.41, 5.74) is 1.07. The van der Waals surface area contributed by atoms with Gasteiger partial charge in [-0.05, 0) is 51.8 Å². The molecule has 0 bridgehead atoms. The summed E-state index contributed by atoms with van der Waals surface area (Å²) in [4.78, 5) is 12.1. The molecule has 0 aliphatic rings. The third kappa shape index (κ3) is 4.30. The van der Waals surface area contributed by atoms with Crippen LogP contribution in [-0.2, 0) is 16.6 Å². The summed E-state index contributed by atoms with van der Waals surface area (Å²) >= 11 is 9.01. The molecule has 1 amide bonds. The zero-order chi connectivity index (χ0) is 16.3. The Hall–Kier alpha value is -1.41. The number of primary sulfonamides is 1. The smallest absolute Gasteiger partial charge is 0.252 e.